The summed E-state index contributed by atoms with van der Waals surface area (Å²) in [6.45, 7) is 1.05. The summed E-state index contributed by atoms with van der Waals surface area (Å²) >= 11 is 0. The molecule has 0 amide bonds. The highest BCUT2D eigenvalue weighted by molar-refractivity contribution is 5.76. The largest absolute Gasteiger partial charge is 0.387 e. The molecule has 16 heavy (non-hydrogen) atoms. The van der Waals surface area contributed by atoms with Gasteiger partial charge < -0.3 is 29.9 Å². The van der Waals surface area contributed by atoms with E-state index in [2.05, 4.69) is 0 Å². The molecule has 1 fully saturated rings. The van der Waals surface area contributed by atoms with Gasteiger partial charge in [0.15, 0.2) is 12.1 Å². The van der Waals surface area contributed by atoms with Gasteiger partial charge in [-0.2, -0.15) is 0 Å². The first-order valence-electron chi connectivity index (χ1n) is 4.88. The third kappa shape index (κ3) is 3.21. The second-order valence-corrected chi connectivity index (χ2v) is 3.75. The molecule has 0 aromatic carbocycles. The fourth-order valence-electron chi connectivity index (χ4n) is 1.39. The SMILES string of the molecule is CC(=O)COC[C@@H]1OC(O)[C@@H](O)C(O)[C@@H]1O. The number of ether oxygens (including phenoxy) is 2. The maximum atomic E-state index is 10.6. The predicted molar refractivity (Wildman–Crippen MR) is 50.4 cm³/mol. The molecule has 0 radical (unpaired) electrons. The first-order chi connectivity index (χ1) is 7.43. The van der Waals surface area contributed by atoms with Gasteiger partial charge >= 0.3 is 0 Å². The van der Waals surface area contributed by atoms with Crippen LogP contribution in [-0.4, -0.2) is 70.1 Å². The van der Waals surface area contributed by atoms with Crippen LogP contribution in [0.5, 0.6) is 0 Å². The van der Waals surface area contributed by atoms with Crippen molar-refractivity contribution < 1.29 is 34.7 Å². The second-order valence-electron chi connectivity index (χ2n) is 3.75. The normalized spacial score (nSPS) is 39.7. The van der Waals surface area contributed by atoms with Crippen LogP contribution in [0.2, 0.25) is 0 Å². The molecule has 7 nitrogen and oxygen atoms in total. The number of ketones is 1. The number of hydrogen-bond donors (Lipinski definition) is 4. The van der Waals surface area contributed by atoms with Crippen molar-refractivity contribution in [3.05, 3.63) is 0 Å². The molecule has 0 aliphatic carbocycles. The first-order valence-corrected chi connectivity index (χ1v) is 4.88. The Morgan fingerprint density at radius 2 is 1.81 bits per heavy atom. The lowest BCUT2D eigenvalue weighted by Crippen LogP contribution is -2.58. The van der Waals surface area contributed by atoms with E-state index in [9.17, 15) is 20.1 Å². The van der Waals surface area contributed by atoms with Gasteiger partial charge in [0.1, 0.15) is 31.0 Å². The Balaban J connectivity index is 2.44. The summed E-state index contributed by atoms with van der Waals surface area (Å²) in [6.07, 6.45) is -6.99. The van der Waals surface area contributed by atoms with Crippen LogP contribution in [0, 0.1) is 0 Å². The van der Waals surface area contributed by atoms with E-state index in [1.165, 1.54) is 6.92 Å². The number of aliphatic hydroxyl groups is 4. The number of Topliss-reactive ketones (excluding diaryl/α,β-unsaturated/α-hetero) is 1. The molecule has 1 rings (SSSR count). The van der Waals surface area contributed by atoms with Crippen molar-refractivity contribution in [1.82, 2.24) is 0 Å². The molecule has 1 aliphatic rings. The van der Waals surface area contributed by atoms with E-state index in [1.54, 1.807) is 0 Å². The van der Waals surface area contributed by atoms with Crippen molar-refractivity contribution in [3.63, 3.8) is 0 Å². The lowest BCUT2D eigenvalue weighted by Gasteiger charge is -2.38. The molecule has 1 aliphatic heterocycles. The van der Waals surface area contributed by atoms with E-state index in [4.69, 9.17) is 14.6 Å². The molecule has 0 aromatic heterocycles. The molecule has 7 heteroatoms. The van der Waals surface area contributed by atoms with E-state index < -0.39 is 30.7 Å². The summed E-state index contributed by atoms with van der Waals surface area (Å²) in [5.41, 5.74) is 0. The summed E-state index contributed by atoms with van der Waals surface area (Å²) in [7, 11) is 0. The number of carbonyl (C=O) groups is 1. The van der Waals surface area contributed by atoms with Crippen LogP contribution < -0.4 is 0 Å². The standard InChI is InChI=1S/C9H16O7/c1-4(10)2-15-3-5-6(11)7(12)8(13)9(14)16-5/h5-9,11-14H,2-3H2,1H3/t5-,6+,7?,8-,9?/m0/s1. The maximum Gasteiger partial charge on any atom is 0.184 e. The summed E-state index contributed by atoms with van der Waals surface area (Å²) < 4.78 is 9.72. The van der Waals surface area contributed by atoms with Gasteiger partial charge in [0, 0.05) is 0 Å². The number of carbonyl (C=O) groups excluding carboxylic acids is 1. The van der Waals surface area contributed by atoms with E-state index in [0.29, 0.717) is 0 Å². The molecule has 0 bridgehead atoms. The monoisotopic (exact) mass is 236 g/mol. The van der Waals surface area contributed by atoms with E-state index in [1.807, 2.05) is 0 Å². The zero-order valence-electron chi connectivity index (χ0n) is 8.81. The van der Waals surface area contributed by atoms with Gasteiger partial charge in [-0.15, -0.1) is 0 Å². The Morgan fingerprint density at radius 3 is 2.38 bits per heavy atom. The predicted octanol–water partition coefficient (Wildman–Crippen LogP) is -2.61. The van der Waals surface area contributed by atoms with Gasteiger partial charge in [0.2, 0.25) is 0 Å². The lowest BCUT2D eigenvalue weighted by molar-refractivity contribution is -0.288. The van der Waals surface area contributed by atoms with Crippen LogP contribution in [-0.2, 0) is 14.3 Å². The van der Waals surface area contributed by atoms with Crippen molar-refractivity contribution >= 4 is 5.78 Å². The average Bonchev–Trinajstić information content (AvgIpc) is 2.22. The Labute approximate surface area is 92.2 Å². The highest BCUT2D eigenvalue weighted by atomic mass is 16.6. The molecular formula is C9H16O7. The van der Waals surface area contributed by atoms with Gasteiger partial charge in [-0.25, -0.2) is 0 Å². The van der Waals surface area contributed by atoms with Crippen LogP contribution >= 0.6 is 0 Å². The fourth-order valence-corrected chi connectivity index (χ4v) is 1.39. The number of rotatable bonds is 4. The summed E-state index contributed by atoms with van der Waals surface area (Å²) in [5.74, 6) is -0.188. The summed E-state index contributed by atoms with van der Waals surface area (Å²) in [6, 6.07) is 0. The van der Waals surface area contributed by atoms with Crippen molar-refractivity contribution in [2.24, 2.45) is 0 Å². The summed E-state index contributed by atoms with van der Waals surface area (Å²) in [4.78, 5) is 10.6. The van der Waals surface area contributed by atoms with Gasteiger partial charge in [-0.1, -0.05) is 0 Å². The Hall–Kier alpha value is -0.570. The smallest absolute Gasteiger partial charge is 0.184 e. The second kappa shape index (κ2) is 5.67. The lowest BCUT2D eigenvalue weighted by atomic mass is 9.99. The molecule has 0 saturated carbocycles. The van der Waals surface area contributed by atoms with Crippen LogP contribution in [0.15, 0.2) is 0 Å². The minimum Gasteiger partial charge on any atom is -0.387 e. The Morgan fingerprint density at radius 1 is 1.19 bits per heavy atom. The number of aliphatic hydroxyl groups excluding tert-OH is 4. The van der Waals surface area contributed by atoms with Crippen LogP contribution in [0.4, 0.5) is 0 Å². The zero-order chi connectivity index (χ0) is 12.3. The highest BCUT2D eigenvalue weighted by Gasteiger charge is 2.42. The molecule has 0 aromatic rings. The quantitative estimate of drug-likeness (QED) is 0.422. The van der Waals surface area contributed by atoms with Crippen molar-refractivity contribution in [3.8, 4) is 0 Å². The molecule has 5 atom stereocenters. The topological polar surface area (TPSA) is 116 Å². The van der Waals surface area contributed by atoms with Gasteiger partial charge in [0.25, 0.3) is 0 Å². The van der Waals surface area contributed by atoms with Crippen LogP contribution in [0.1, 0.15) is 6.92 Å². The van der Waals surface area contributed by atoms with E-state index in [-0.39, 0.29) is 19.0 Å². The minimum absolute atomic E-state index is 0.138. The maximum absolute atomic E-state index is 10.6. The van der Waals surface area contributed by atoms with Gasteiger partial charge in [0.05, 0.1) is 6.61 Å². The third-order valence-electron chi connectivity index (χ3n) is 2.27. The Bertz CT molecular complexity index is 244. The van der Waals surface area contributed by atoms with Crippen LogP contribution in [0.25, 0.3) is 0 Å². The fraction of sp³-hybridized carbons (Fsp3) is 0.889. The average molecular weight is 236 g/mol. The van der Waals surface area contributed by atoms with E-state index >= 15 is 0 Å². The first kappa shape index (κ1) is 13.5. The minimum atomic E-state index is -1.58. The molecular weight excluding hydrogens is 220 g/mol. The molecule has 1 saturated heterocycles. The highest BCUT2D eigenvalue weighted by Crippen LogP contribution is 2.19. The number of hydrogen-bond acceptors (Lipinski definition) is 7. The van der Waals surface area contributed by atoms with Crippen molar-refractivity contribution in [1.29, 1.82) is 0 Å². The molecule has 94 valence electrons. The van der Waals surface area contributed by atoms with Gasteiger partial charge in [-0.3, -0.25) is 4.79 Å². The van der Waals surface area contributed by atoms with E-state index in [0.717, 1.165) is 0 Å². The third-order valence-corrected chi connectivity index (χ3v) is 2.27. The Kier molecular flexibility index (Phi) is 4.78. The zero-order valence-corrected chi connectivity index (χ0v) is 8.81. The molecule has 1 heterocycles. The molecule has 2 unspecified atom stereocenters. The summed E-state index contributed by atoms with van der Waals surface area (Å²) in [5, 5.41) is 37.2. The van der Waals surface area contributed by atoms with Gasteiger partial charge in [-0.05, 0) is 6.92 Å². The molecule has 4 N–H and O–H groups in total. The van der Waals surface area contributed by atoms with Crippen LogP contribution in [0.3, 0.4) is 0 Å². The van der Waals surface area contributed by atoms with Crippen molar-refractivity contribution in [2.75, 3.05) is 13.2 Å². The molecule has 0 spiro atoms. The van der Waals surface area contributed by atoms with Crippen molar-refractivity contribution in [2.45, 2.75) is 37.6 Å².